The van der Waals surface area contributed by atoms with Crippen molar-refractivity contribution in [2.75, 3.05) is 0 Å². The SMILES string of the molecule is Cc1sccc1-c1cc(-c2ccc(C(N)=NC(=NC(C)c3ccccc3)c3ccc(-n4c5ccccc5c5ccccc54)cc3)cc2)cc2c1[I-]c1ccccc1-2. The number of nitrogens with zero attached hydrogens (tertiary/aromatic N) is 3. The predicted octanol–water partition coefficient (Wildman–Crippen LogP) is 9.51. The first-order valence-electron chi connectivity index (χ1n) is 19.1. The summed E-state index contributed by atoms with van der Waals surface area (Å²) in [5.74, 6) is 1.02. The number of aryl methyl sites for hydroxylation is 1. The van der Waals surface area contributed by atoms with Gasteiger partial charge in [-0.3, -0.25) is 0 Å². The van der Waals surface area contributed by atoms with Crippen molar-refractivity contribution < 1.29 is 21.2 Å². The summed E-state index contributed by atoms with van der Waals surface area (Å²) in [6.07, 6.45) is 0. The van der Waals surface area contributed by atoms with Crippen LogP contribution in [0.1, 0.15) is 34.5 Å². The van der Waals surface area contributed by atoms with Crippen LogP contribution < -0.4 is 26.9 Å². The number of hydrogen-bond acceptors (Lipinski definition) is 2. The molecule has 10 rings (SSSR count). The number of halogens is 1. The number of thiophene rings is 1. The molecule has 0 radical (unpaired) electrons. The number of aromatic nitrogens is 1. The standard InChI is InChI=1S/C51H38IN4S/c1-32(34-12-4-3-5-13-34)54-51(37-24-26-39(27-25-37)56-47-18-10-7-15-42(47)43-16-8-11-19-48(43)56)55-50(53)36-22-20-35(21-23-36)38-30-44(40-28-29-57-33(40)2)49-45(31-38)41-14-6-9-17-46(41)52-49/h3-32H,1-2H3,(H2,53,54,55)/q-1. The van der Waals surface area contributed by atoms with Crippen LogP contribution in [0.25, 0.3) is 60.9 Å². The Morgan fingerprint density at radius 2 is 1.23 bits per heavy atom. The molecule has 1 atom stereocenters. The van der Waals surface area contributed by atoms with Crippen molar-refractivity contribution >= 4 is 44.8 Å². The maximum atomic E-state index is 6.87. The summed E-state index contributed by atoms with van der Waals surface area (Å²) in [6, 6.07) is 60.4. The molecule has 6 heteroatoms. The van der Waals surface area contributed by atoms with Gasteiger partial charge in [-0.2, -0.15) is 0 Å². The van der Waals surface area contributed by atoms with Crippen molar-refractivity contribution in [2.45, 2.75) is 19.9 Å². The summed E-state index contributed by atoms with van der Waals surface area (Å²) < 4.78 is 5.34. The summed E-state index contributed by atoms with van der Waals surface area (Å²) in [7, 11) is 0. The monoisotopic (exact) mass is 865 g/mol. The van der Waals surface area contributed by atoms with Crippen molar-refractivity contribution in [1.29, 1.82) is 0 Å². The number of nitrogens with two attached hydrogens (primary N) is 1. The molecule has 0 saturated carbocycles. The number of amidine groups is 2. The Bertz CT molecular complexity index is 2960. The van der Waals surface area contributed by atoms with E-state index in [1.54, 1.807) is 0 Å². The van der Waals surface area contributed by atoms with E-state index in [-0.39, 0.29) is 27.2 Å². The Kier molecular flexibility index (Phi) is 9.16. The molecule has 276 valence electrons. The third kappa shape index (κ3) is 6.49. The number of aliphatic imine (C=N–C) groups is 2. The fraction of sp³-hybridized carbons (Fsp3) is 0.0588. The average Bonchev–Trinajstić information content (AvgIpc) is 3.97. The van der Waals surface area contributed by atoms with Gasteiger partial charge in [0.15, 0.2) is 0 Å². The van der Waals surface area contributed by atoms with Gasteiger partial charge in [0.2, 0.25) is 0 Å². The van der Waals surface area contributed by atoms with Crippen LogP contribution in [0.15, 0.2) is 185 Å². The molecular weight excluding hydrogens is 828 g/mol. The van der Waals surface area contributed by atoms with E-state index in [9.17, 15) is 0 Å². The Hall–Kier alpha value is -6.09. The number of rotatable bonds is 7. The molecule has 0 bridgehead atoms. The van der Waals surface area contributed by atoms with Crippen LogP contribution in [0.5, 0.6) is 0 Å². The molecule has 4 nitrogen and oxygen atoms in total. The summed E-state index contributed by atoms with van der Waals surface area (Å²) >= 11 is 1.56. The number of benzene rings is 7. The molecule has 57 heavy (non-hydrogen) atoms. The molecule has 2 N–H and O–H groups in total. The average molecular weight is 866 g/mol. The first-order chi connectivity index (χ1) is 28.0. The maximum absolute atomic E-state index is 6.87. The van der Waals surface area contributed by atoms with Gasteiger partial charge in [-0.15, -0.1) is 0 Å². The van der Waals surface area contributed by atoms with Gasteiger partial charge in [0.05, 0.1) is 17.1 Å². The molecule has 0 fully saturated rings. The first kappa shape index (κ1) is 35.3. The molecule has 7 aromatic carbocycles. The normalized spacial score (nSPS) is 13.4. The Balaban J connectivity index is 1.01. The third-order valence-electron chi connectivity index (χ3n) is 10.9. The summed E-state index contributed by atoms with van der Waals surface area (Å²) in [5, 5.41) is 4.68. The van der Waals surface area contributed by atoms with Gasteiger partial charge in [0.1, 0.15) is 0 Å². The van der Waals surface area contributed by atoms with E-state index in [0.29, 0.717) is 11.7 Å². The summed E-state index contributed by atoms with van der Waals surface area (Å²) in [6.45, 7) is 4.33. The van der Waals surface area contributed by atoms with Gasteiger partial charge in [-0.25, -0.2) is 0 Å². The third-order valence-corrected chi connectivity index (χ3v) is 15.0. The second-order valence-corrected chi connectivity index (χ2v) is 18.3. The van der Waals surface area contributed by atoms with Crippen LogP contribution in [0.4, 0.5) is 0 Å². The van der Waals surface area contributed by atoms with Crippen LogP contribution in [0.3, 0.4) is 0 Å². The van der Waals surface area contributed by atoms with Crippen molar-refractivity contribution in [3.63, 3.8) is 0 Å². The van der Waals surface area contributed by atoms with E-state index in [1.807, 2.05) is 29.5 Å². The molecule has 1 aliphatic rings. The van der Waals surface area contributed by atoms with E-state index >= 15 is 0 Å². The Morgan fingerprint density at radius 3 is 1.91 bits per heavy atom. The minimum absolute atomic E-state index is 0.120. The second kappa shape index (κ2) is 14.8. The van der Waals surface area contributed by atoms with Gasteiger partial charge >= 0.3 is 195 Å². The molecule has 1 aliphatic heterocycles. The van der Waals surface area contributed by atoms with Crippen molar-refractivity contribution in [1.82, 2.24) is 4.57 Å². The van der Waals surface area contributed by atoms with Gasteiger partial charge in [-0.05, 0) is 48.9 Å². The summed E-state index contributed by atoms with van der Waals surface area (Å²) in [4.78, 5) is 11.6. The molecule has 0 amide bonds. The van der Waals surface area contributed by atoms with Crippen molar-refractivity contribution in [2.24, 2.45) is 15.7 Å². The van der Waals surface area contributed by atoms with Gasteiger partial charge in [0, 0.05) is 16.5 Å². The first-order valence-corrected chi connectivity index (χ1v) is 22.2. The number of fused-ring (bicyclic) bond motifs is 6. The van der Waals surface area contributed by atoms with E-state index in [4.69, 9.17) is 15.7 Å². The Morgan fingerprint density at radius 1 is 0.614 bits per heavy atom. The second-order valence-electron chi connectivity index (χ2n) is 14.4. The van der Waals surface area contributed by atoms with Crippen molar-refractivity contribution in [3.8, 4) is 39.1 Å². The zero-order valence-corrected chi connectivity index (χ0v) is 34.5. The number of hydrogen-bond donors (Lipinski definition) is 1. The Labute approximate surface area is 347 Å². The molecule has 9 aromatic rings. The van der Waals surface area contributed by atoms with Gasteiger partial charge in [-0.1, -0.05) is 66.7 Å². The molecule has 0 saturated heterocycles. The van der Waals surface area contributed by atoms with E-state index in [0.717, 1.165) is 27.9 Å². The predicted molar refractivity (Wildman–Crippen MR) is 236 cm³/mol. The zero-order chi connectivity index (χ0) is 38.5. The van der Waals surface area contributed by atoms with Gasteiger partial charge < -0.3 is 4.57 Å². The molecular formula is C51H38IN4S-. The van der Waals surface area contributed by atoms with E-state index in [1.165, 1.54) is 61.6 Å². The molecule has 1 unspecified atom stereocenters. The topological polar surface area (TPSA) is 55.7 Å². The van der Waals surface area contributed by atoms with Crippen LogP contribution in [-0.2, 0) is 0 Å². The molecule has 0 spiro atoms. The van der Waals surface area contributed by atoms with E-state index < -0.39 is 0 Å². The van der Waals surface area contributed by atoms with E-state index in [2.05, 4.69) is 175 Å². The number of para-hydroxylation sites is 2. The molecule has 2 aromatic heterocycles. The quantitative estimate of drug-likeness (QED) is 0.0970. The summed E-state index contributed by atoms with van der Waals surface area (Å²) in [5.41, 5.74) is 21.0. The molecule has 3 heterocycles. The molecule has 0 aliphatic carbocycles. The van der Waals surface area contributed by atoms with Crippen molar-refractivity contribution in [3.05, 3.63) is 204 Å². The minimum atomic E-state index is -0.253. The zero-order valence-electron chi connectivity index (χ0n) is 31.5. The fourth-order valence-corrected chi connectivity index (χ4v) is 11.9. The van der Waals surface area contributed by atoms with Crippen LogP contribution >= 0.6 is 11.3 Å². The fourth-order valence-electron chi connectivity index (χ4n) is 7.94. The van der Waals surface area contributed by atoms with Crippen LogP contribution in [0, 0.1) is 14.1 Å². The van der Waals surface area contributed by atoms with Gasteiger partial charge in [0.25, 0.3) is 0 Å². The van der Waals surface area contributed by atoms with Crippen LogP contribution in [0.2, 0.25) is 0 Å². The van der Waals surface area contributed by atoms with Crippen LogP contribution in [-0.4, -0.2) is 16.2 Å².